The molecule has 0 unspecified atom stereocenters. The van der Waals surface area contributed by atoms with Crippen molar-refractivity contribution in [1.82, 2.24) is 9.97 Å². The molecule has 0 saturated carbocycles. The average molecular weight is 632 g/mol. The summed E-state index contributed by atoms with van der Waals surface area (Å²) in [7, 11) is -1.47. The van der Waals surface area contributed by atoms with Gasteiger partial charge in [0.2, 0.25) is 5.88 Å². The Balaban J connectivity index is 1.36. The number of benzene rings is 3. The predicted octanol–water partition coefficient (Wildman–Crippen LogP) is 6.63. The van der Waals surface area contributed by atoms with Gasteiger partial charge >= 0.3 is 0 Å². The summed E-state index contributed by atoms with van der Waals surface area (Å²) >= 11 is 0. The number of nitrogen functional groups attached to an aromatic ring is 1. The fourth-order valence-corrected chi connectivity index (χ4v) is 6.69. The van der Waals surface area contributed by atoms with E-state index in [4.69, 9.17) is 15.2 Å². The smallest absolute Gasteiger partial charge is 0.264 e. The number of rotatable bonds is 8. The van der Waals surface area contributed by atoms with Crippen LogP contribution in [0.25, 0.3) is 33.2 Å². The van der Waals surface area contributed by atoms with Gasteiger partial charge in [-0.2, -0.15) is 0 Å². The number of aromatic nitrogens is 2. The summed E-state index contributed by atoms with van der Waals surface area (Å²) in [5.41, 5.74) is 11.0. The van der Waals surface area contributed by atoms with Crippen molar-refractivity contribution in [3.63, 3.8) is 0 Å². The van der Waals surface area contributed by atoms with Gasteiger partial charge in [0.15, 0.2) is 0 Å². The fraction of sp³-hybridized carbons (Fsp3) is 0.212. The van der Waals surface area contributed by atoms with E-state index < -0.39 is 26.6 Å². The number of methoxy groups -OCH3 is 2. The summed E-state index contributed by atoms with van der Waals surface area (Å²) in [6.45, 7) is 2.02. The summed E-state index contributed by atoms with van der Waals surface area (Å²) in [4.78, 5) is 10.5. The average Bonchev–Trinajstić information content (AvgIpc) is 3.04. The topological polar surface area (TPSA) is 120 Å². The number of hydrogen-bond acceptors (Lipinski definition) is 8. The van der Waals surface area contributed by atoms with Crippen molar-refractivity contribution in [3.8, 4) is 33.9 Å². The van der Waals surface area contributed by atoms with Crippen molar-refractivity contribution in [2.75, 3.05) is 42.7 Å². The van der Waals surface area contributed by atoms with E-state index in [1.54, 1.807) is 7.11 Å². The molecule has 232 valence electrons. The first kappa shape index (κ1) is 30.1. The highest BCUT2D eigenvalue weighted by atomic mass is 32.2. The van der Waals surface area contributed by atoms with Crippen LogP contribution in [0.1, 0.15) is 19.3 Å². The molecule has 0 amide bonds. The third kappa shape index (κ3) is 6.05. The van der Waals surface area contributed by atoms with Crippen LogP contribution in [0, 0.1) is 11.6 Å². The van der Waals surface area contributed by atoms with Gasteiger partial charge in [-0.15, -0.1) is 0 Å². The van der Waals surface area contributed by atoms with Crippen molar-refractivity contribution >= 4 is 38.1 Å². The van der Waals surface area contributed by atoms with Gasteiger partial charge in [0.05, 0.1) is 19.7 Å². The number of anilines is 3. The van der Waals surface area contributed by atoms with Crippen molar-refractivity contribution in [2.45, 2.75) is 24.2 Å². The molecule has 0 aliphatic carbocycles. The van der Waals surface area contributed by atoms with E-state index in [9.17, 15) is 17.2 Å². The van der Waals surface area contributed by atoms with Gasteiger partial charge in [0.25, 0.3) is 10.0 Å². The maximum absolute atomic E-state index is 14.3. The lowest BCUT2D eigenvalue weighted by Gasteiger charge is -2.29. The molecule has 5 aromatic rings. The second-order valence-corrected chi connectivity index (χ2v) is 12.4. The monoisotopic (exact) mass is 631 g/mol. The Morgan fingerprint density at radius 2 is 1.67 bits per heavy atom. The fourth-order valence-electron chi connectivity index (χ4n) is 5.58. The van der Waals surface area contributed by atoms with Crippen molar-refractivity contribution in [1.29, 1.82) is 0 Å². The number of sulfonamides is 1. The zero-order valence-electron chi connectivity index (χ0n) is 24.7. The Bertz CT molecular complexity index is 2020. The van der Waals surface area contributed by atoms with Crippen LogP contribution < -0.4 is 24.8 Å². The van der Waals surface area contributed by atoms with Gasteiger partial charge < -0.3 is 20.1 Å². The van der Waals surface area contributed by atoms with Crippen molar-refractivity contribution in [2.24, 2.45) is 0 Å². The summed E-state index contributed by atoms with van der Waals surface area (Å²) in [6.07, 6.45) is 5.10. The quantitative estimate of drug-likeness (QED) is 0.196. The highest BCUT2D eigenvalue weighted by Gasteiger charge is 2.23. The Kier molecular flexibility index (Phi) is 8.15. The van der Waals surface area contributed by atoms with Crippen molar-refractivity contribution in [3.05, 3.63) is 84.6 Å². The first-order valence-corrected chi connectivity index (χ1v) is 15.8. The van der Waals surface area contributed by atoms with E-state index >= 15 is 0 Å². The zero-order valence-corrected chi connectivity index (χ0v) is 25.5. The Morgan fingerprint density at radius 1 is 0.867 bits per heavy atom. The number of halogens is 2. The van der Waals surface area contributed by atoms with E-state index in [0.717, 1.165) is 54.7 Å². The van der Waals surface area contributed by atoms with Crippen LogP contribution in [0.3, 0.4) is 0 Å². The van der Waals surface area contributed by atoms with Crippen LogP contribution in [-0.2, 0) is 10.0 Å². The van der Waals surface area contributed by atoms with Crippen LogP contribution in [-0.4, -0.2) is 45.7 Å². The lowest BCUT2D eigenvalue weighted by atomic mass is 9.99. The van der Waals surface area contributed by atoms with E-state index in [1.807, 2.05) is 36.4 Å². The Labute approximate surface area is 259 Å². The number of nitrogens with zero attached hydrogens (tertiary/aromatic N) is 3. The van der Waals surface area contributed by atoms with Gasteiger partial charge in [-0.1, -0.05) is 6.07 Å². The zero-order chi connectivity index (χ0) is 31.7. The molecule has 0 atom stereocenters. The molecule has 3 heterocycles. The molecule has 45 heavy (non-hydrogen) atoms. The van der Waals surface area contributed by atoms with Crippen LogP contribution in [0.4, 0.5) is 26.0 Å². The molecule has 12 heteroatoms. The van der Waals surface area contributed by atoms with E-state index in [0.29, 0.717) is 39.8 Å². The molecule has 0 bridgehead atoms. The standard InChI is InChI=1S/C33H31F2N5O4S/c1-43-30-18-24(40-12-4-3-5-13-40)8-9-25(30)26-15-21-14-20(6-10-28(21)38-32(26)36)22-16-29(33(44-2)37-19-22)39-45(41,42)31-11-7-23(34)17-27(31)35/h6-11,14-19,39H,3-5,12-13H2,1-2H3,(H2,36,38). The number of piperidine rings is 1. The number of fused-ring (bicyclic) bond motifs is 1. The Morgan fingerprint density at radius 3 is 2.40 bits per heavy atom. The number of nitrogens with two attached hydrogens (primary N) is 1. The first-order chi connectivity index (χ1) is 21.7. The molecule has 9 nitrogen and oxygen atoms in total. The minimum absolute atomic E-state index is 0.0199. The molecule has 0 spiro atoms. The van der Waals surface area contributed by atoms with Crippen LogP contribution in [0.5, 0.6) is 11.6 Å². The number of pyridine rings is 2. The van der Waals surface area contributed by atoms with Gasteiger partial charge in [-0.3, -0.25) is 4.72 Å². The van der Waals surface area contributed by atoms with Gasteiger partial charge in [-0.05, 0) is 73.4 Å². The highest BCUT2D eigenvalue weighted by molar-refractivity contribution is 7.92. The minimum atomic E-state index is -4.44. The van der Waals surface area contributed by atoms with Gasteiger partial charge in [0, 0.05) is 59.2 Å². The lowest BCUT2D eigenvalue weighted by Crippen LogP contribution is -2.29. The number of ether oxygens (including phenoxy) is 2. The summed E-state index contributed by atoms with van der Waals surface area (Å²) in [5.74, 6) is -1.09. The molecular weight excluding hydrogens is 600 g/mol. The molecular formula is C33H31F2N5O4S. The normalized spacial score (nSPS) is 13.6. The highest BCUT2D eigenvalue weighted by Crippen LogP contribution is 2.39. The summed E-state index contributed by atoms with van der Waals surface area (Å²) < 4.78 is 67.1. The Hall–Kier alpha value is -4.97. The van der Waals surface area contributed by atoms with E-state index in [2.05, 4.69) is 25.7 Å². The third-order valence-corrected chi connectivity index (χ3v) is 9.25. The lowest BCUT2D eigenvalue weighted by molar-refractivity contribution is 0.400. The van der Waals surface area contributed by atoms with Crippen LogP contribution in [0.15, 0.2) is 77.8 Å². The van der Waals surface area contributed by atoms with Crippen molar-refractivity contribution < 1.29 is 26.7 Å². The maximum Gasteiger partial charge on any atom is 0.264 e. The second kappa shape index (κ2) is 12.2. The minimum Gasteiger partial charge on any atom is -0.496 e. The molecule has 0 radical (unpaired) electrons. The largest absolute Gasteiger partial charge is 0.496 e. The molecule has 2 aromatic heterocycles. The second-order valence-electron chi connectivity index (χ2n) is 10.7. The SMILES string of the molecule is COc1cc(N2CCCCC2)ccc1-c1cc2cc(-c3cnc(OC)c(NS(=O)(=O)c4ccc(F)cc4F)c3)ccc2nc1N. The molecule has 3 N–H and O–H groups in total. The number of hydrogen-bond donors (Lipinski definition) is 2. The van der Waals surface area contributed by atoms with Crippen LogP contribution >= 0.6 is 0 Å². The predicted molar refractivity (Wildman–Crippen MR) is 171 cm³/mol. The molecule has 1 aliphatic rings. The summed E-state index contributed by atoms with van der Waals surface area (Å²) in [5, 5.41) is 0.783. The number of nitrogens with one attached hydrogen (secondary N) is 1. The van der Waals surface area contributed by atoms with Gasteiger partial charge in [-0.25, -0.2) is 27.2 Å². The molecule has 6 rings (SSSR count). The molecule has 1 fully saturated rings. The molecule has 1 aliphatic heterocycles. The van der Waals surface area contributed by atoms with E-state index in [-0.39, 0.29) is 11.6 Å². The van der Waals surface area contributed by atoms with Gasteiger partial charge in [0.1, 0.15) is 33.8 Å². The van der Waals surface area contributed by atoms with Crippen LogP contribution in [0.2, 0.25) is 0 Å². The molecule has 3 aromatic carbocycles. The van der Waals surface area contributed by atoms with E-state index in [1.165, 1.54) is 25.8 Å². The first-order valence-electron chi connectivity index (χ1n) is 14.3. The third-order valence-electron chi connectivity index (χ3n) is 7.85. The maximum atomic E-state index is 14.3. The summed E-state index contributed by atoms with van der Waals surface area (Å²) in [6, 6.07) is 17.3. The molecule has 1 saturated heterocycles.